The molecule has 1 aromatic carbocycles. The summed E-state index contributed by atoms with van der Waals surface area (Å²) >= 11 is 6.01. The quantitative estimate of drug-likeness (QED) is 0.891. The summed E-state index contributed by atoms with van der Waals surface area (Å²) in [6.07, 6.45) is 1.71. The Morgan fingerprint density at radius 3 is 2.59 bits per heavy atom. The van der Waals surface area contributed by atoms with Crippen LogP contribution in [0.5, 0.6) is 0 Å². The van der Waals surface area contributed by atoms with Gasteiger partial charge in [-0.25, -0.2) is 0 Å². The van der Waals surface area contributed by atoms with Gasteiger partial charge in [-0.1, -0.05) is 37.1 Å². The van der Waals surface area contributed by atoms with E-state index in [2.05, 4.69) is 17.9 Å². The van der Waals surface area contributed by atoms with Crippen LogP contribution in [0.25, 0.3) is 0 Å². The number of carbonyl (C=O) groups excluding carboxylic acids is 1. The molecule has 1 heterocycles. The third kappa shape index (κ3) is 5.43. The molecule has 1 aromatic rings. The summed E-state index contributed by atoms with van der Waals surface area (Å²) in [5, 5.41) is 0.770. The highest BCUT2D eigenvalue weighted by Gasteiger charge is 2.24. The number of rotatable bonds is 5. The Hall–Kier alpha value is -0.810. The molecule has 2 rings (SSSR count). The van der Waals surface area contributed by atoms with Crippen LogP contribution in [0.1, 0.15) is 25.3 Å². The molecule has 1 atom stereocenters. The second kappa shape index (κ2) is 9.36. The third-order valence-corrected chi connectivity index (χ3v) is 4.13. The first-order chi connectivity index (χ1) is 10.1. The predicted octanol–water partition coefficient (Wildman–Crippen LogP) is 2.53. The van der Waals surface area contributed by atoms with Crippen molar-refractivity contribution in [2.75, 3.05) is 26.2 Å². The molecule has 0 spiro atoms. The van der Waals surface area contributed by atoms with E-state index in [4.69, 9.17) is 17.3 Å². The van der Waals surface area contributed by atoms with Gasteiger partial charge in [0.25, 0.3) is 0 Å². The molecule has 124 valence electrons. The van der Waals surface area contributed by atoms with Crippen molar-refractivity contribution in [3.63, 3.8) is 0 Å². The van der Waals surface area contributed by atoms with Crippen molar-refractivity contribution in [3.05, 3.63) is 34.9 Å². The van der Waals surface area contributed by atoms with Crippen molar-refractivity contribution in [2.45, 2.75) is 32.4 Å². The first-order valence-corrected chi connectivity index (χ1v) is 7.99. The lowest BCUT2D eigenvalue weighted by Crippen LogP contribution is -2.52. The Bertz CT molecular complexity index is 476. The van der Waals surface area contributed by atoms with Crippen LogP contribution in [0.2, 0.25) is 5.02 Å². The molecule has 0 aromatic heterocycles. The lowest BCUT2D eigenvalue weighted by molar-refractivity contribution is -0.134. The van der Waals surface area contributed by atoms with Crippen LogP contribution in [0.4, 0.5) is 0 Å². The number of hydrogen-bond acceptors (Lipinski definition) is 3. The molecule has 2 N–H and O–H groups in total. The topological polar surface area (TPSA) is 49.6 Å². The van der Waals surface area contributed by atoms with Gasteiger partial charge in [-0.3, -0.25) is 9.69 Å². The fourth-order valence-electron chi connectivity index (χ4n) is 2.69. The number of piperazine rings is 1. The average Bonchev–Trinajstić information content (AvgIpc) is 2.47. The number of nitrogens with zero attached hydrogens (tertiary/aromatic N) is 2. The zero-order valence-corrected chi connectivity index (χ0v) is 14.6. The van der Waals surface area contributed by atoms with Gasteiger partial charge in [0.1, 0.15) is 0 Å². The van der Waals surface area contributed by atoms with Crippen LogP contribution >= 0.6 is 24.0 Å². The van der Waals surface area contributed by atoms with E-state index in [0.29, 0.717) is 0 Å². The molecule has 4 nitrogen and oxygen atoms in total. The van der Waals surface area contributed by atoms with E-state index < -0.39 is 0 Å². The Labute approximate surface area is 144 Å². The molecular formula is C16H25Cl2N3O. The maximum absolute atomic E-state index is 12.2. The number of benzene rings is 1. The number of halogens is 2. The van der Waals surface area contributed by atoms with Gasteiger partial charge in [0.2, 0.25) is 5.91 Å². The minimum absolute atomic E-state index is 0. The second-order valence-corrected chi connectivity index (χ2v) is 6.06. The lowest BCUT2D eigenvalue weighted by Gasteiger charge is -2.36. The van der Waals surface area contributed by atoms with Crippen LogP contribution in [-0.4, -0.2) is 47.9 Å². The molecule has 6 heteroatoms. The van der Waals surface area contributed by atoms with Crippen LogP contribution < -0.4 is 5.73 Å². The van der Waals surface area contributed by atoms with Crippen LogP contribution in [0, 0.1) is 0 Å². The van der Waals surface area contributed by atoms with Crippen molar-refractivity contribution >= 4 is 29.9 Å². The van der Waals surface area contributed by atoms with Crippen molar-refractivity contribution in [3.8, 4) is 0 Å². The minimum atomic E-state index is -0.338. The highest BCUT2D eigenvalue weighted by Crippen LogP contribution is 2.14. The summed E-state index contributed by atoms with van der Waals surface area (Å²) in [5.74, 6) is 0.0965. The smallest absolute Gasteiger partial charge is 0.239 e. The molecule has 0 aliphatic carbocycles. The second-order valence-electron chi connectivity index (χ2n) is 5.63. The molecule has 1 aliphatic heterocycles. The average molecular weight is 346 g/mol. The summed E-state index contributed by atoms with van der Waals surface area (Å²) in [5.41, 5.74) is 7.13. The van der Waals surface area contributed by atoms with E-state index in [0.717, 1.165) is 50.6 Å². The summed E-state index contributed by atoms with van der Waals surface area (Å²) in [4.78, 5) is 16.4. The number of carbonyl (C=O) groups is 1. The molecule has 1 saturated heterocycles. The Kier molecular flexibility index (Phi) is 8.18. The highest BCUT2D eigenvalue weighted by atomic mass is 35.5. The predicted molar refractivity (Wildman–Crippen MR) is 93.4 cm³/mol. The first kappa shape index (κ1) is 19.2. The SMILES string of the molecule is CCCC(N)C(=O)N1CCN(Cc2cccc(Cl)c2)CC1.Cl. The summed E-state index contributed by atoms with van der Waals surface area (Å²) in [6.45, 7) is 6.22. The van der Waals surface area contributed by atoms with Crippen LogP contribution in [-0.2, 0) is 11.3 Å². The molecular weight excluding hydrogens is 321 g/mol. The molecule has 0 radical (unpaired) electrons. The number of nitrogens with two attached hydrogens (primary N) is 1. The molecule has 0 saturated carbocycles. The van der Waals surface area contributed by atoms with Crippen LogP contribution in [0.3, 0.4) is 0 Å². The summed E-state index contributed by atoms with van der Waals surface area (Å²) < 4.78 is 0. The van der Waals surface area contributed by atoms with Crippen molar-refractivity contribution < 1.29 is 4.79 Å². The fraction of sp³-hybridized carbons (Fsp3) is 0.562. The molecule has 0 bridgehead atoms. The number of amides is 1. The maximum Gasteiger partial charge on any atom is 0.239 e. The molecule has 1 aliphatic rings. The van der Waals surface area contributed by atoms with E-state index in [1.54, 1.807) is 0 Å². The zero-order valence-electron chi connectivity index (χ0n) is 13.0. The van der Waals surface area contributed by atoms with Gasteiger partial charge in [0, 0.05) is 37.7 Å². The highest BCUT2D eigenvalue weighted by molar-refractivity contribution is 6.30. The largest absolute Gasteiger partial charge is 0.339 e. The van der Waals surface area contributed by atoms with Gasteiger partial charge in [-0.2, -0.15) is 0 Å². The van der Waals surface area contributed by atoms with Crippen molar-refractivity contribution in [1.82, 2.24) is 9.80 Å². The van der Waals surface area contributed by atoms with Gasteiger partial charge >= 0.3 is 0 Å². The van der Waals surface area contributed by atoms with Gasteiger partial charge in [-0.05, 0) is 24.1 Å². The molecule has 1 fully saturated rings. The lowest BCUT2D eigenvalue weighted by atomic mass is 10.1. The first-order valence-electron chi connectivity index (χ1n) is 7.61. The van der Waals surface area contributed by atoms with Crippen molar-refractivity contribution in [2.24, 2.45) is 5.73 Å². The third-order valence-electron chi connectivity index (χ3n) is 3.90. The maximum atomic E-state index is 12.2. The van der Waals surface area contributed by atoms with Gasteiger partial charge < -0.3 is 10.6 Å². The summed E-state index contributed by atoms with van der Waals surface area (Å²) in [6, 6.07) is 7.60. The Morgan fingerprint density at radius 2 is 2.00 bits per heavy atom. The van der Waals surface area contributed by atoms with Gasteiger partial charge in [0.05, 0.1) is 6.04 Å². The van der Waals surface area contributed by atoms with Crippen molar-refractivity contribution in [1.29, 1.82) is 0 Å². The molecule has 1 unspecified atom stereocenters. The van der Waals surface area contributed by atoms with Crippen LogP contribution in [0.15, 0.2) is 24.3 Å². The van der Waals surface area contributed by atoms with E-state index in [1.165, 1.54) is 5.56 Å². The Balaban J connectivity index is 0.00000242. The standard InChI is InChI=1S/C16H24ClN3O.ClH/c1-2-4-15(18)16(21)20-9-7-19(8-10-20)12-13-5-3-6-14(17)11-13;/h3,5-6,11,15H,2,4,7-10,12,18H2,1H3;1H. The van der Waals surface area contributed by atoms with E-state index in [-0.39, 0.29) is 24.4 Å². The van der Waals surface area contributed by atoms with Gasteiger partial charge in [-0.15, -0.1) is 12.4 Å². The normalized spacial score (nSPS) is 17.0. The Morgan fingerprint density at radius 1 is 1.32 bits per heavy atom. The molecule has 1 amide bonds. The van der Waals surface area contributed by atoms with E-state index in [9.17, 15) is 4.79 Å². The van der Waals surface area contributed by atoms with Gasteiger partial charge in [0.15, 0.2) is 0 Å². The van der Waals surface area contributed by atoms with E-state index >= 15 is 0 Å². The van der Waals surface area contributed by atoms with E-state index in [1.807, 2.05) is 23.1 Å². The minimum Gasteiger partial charge on any atom is -0.339 e. The zero-order chi connectivity index (χ0) is 15.2. The number of hydrogen-bond donors (Lipinski definition) is 1. The summed E-state index contributed by atoms with van der Waals surface area (Å²) in [7, 11) is 0. The fourth-order valence-corrected chi connectivity index (χ4v) is 2.90. The monoisotopic (exact) mass is 345 g/mol. The molecule has 22 heavy (non-hydrogen) atoms.